The normalized spacial score (nSPS) is 24.2. The molecule has 1 N–H and O–H groups in total. The Kier molecular flexibility index (Phi) is 7.45. The van der Waals surface area contributed by atoms with Crippen molar-refractivity contribution in [2.75, 3.05) is 11.9 Å². The number of rotatable bonds is 6. The average molecular weight is 424 g/mol. The van der Waals surface area contributed by atoms with Crippen molar-refractivity contribution in [2.24, 2.45) is 11.8 Å². The maximum absolute atomic E-state index is 5.96. The first kappa shape index (κ1) is 22.1. The van der Waals surface area contributed by atoms with Crippen LogP contribution in [0.3, 0.4) is 0 Å². The molecule has 2 aromatic heterocycles. The lowest BCUT2D eigenvalue weighted by Crippen LogP contribution is -2.24. The Morgan fingerprint density at radius 2 is 2.03 bits per heavy atom. The van der Waals surface area contributed by atoms with Crippen LogP contribution in [-0.4, -0.2) is 38.3 Å². The summed E-state index contributed by atoms with van der Waals surface area (Å²) in [6.07, 6.45) is 12.7. The molecule has 2 aromatic rings. The molecule has 4 rings (SSSR count). The van der Waals surface area contributed by atoms with Gasteiger partial charge in [0, 0.05) is 18.6 Å². The van der Waals surface area contributed by atoms with Gasteiger partial charge in [-0.3, -0.25) is 0 Å². The van der Waals surface area contributed by atoms with Crippen LogP contribution in [0.2, 0.25) is 0 Å². The Hall–Kier alpha value is -2.13. The zero-order valence-corrected chi connectivity index (χ0v) is 19.4. The van der Waals surface area contributed by atoms with Crippen LogP contribution in [0.15, 0.2) is 6.33 Å². The molecular formula is C25H37N5O. The largest absolute Gasteiger partial charge is 0.376 e. The van der Waals surface area contributed by atoms with Gasteiger partial charge in [-0.05, 0) is 56.8 Å². The number of hydrogen-bond donors (Lipinski definition) is 1. The molecule has 0 spiro atoms. The van der Waals surface area contributed by atoms with Gasteiger partial charge < -0.3 is 14.6 Å². The Morgan fingerprint density at radius 3 is 2.77 bits per heavy atom. The third-order valence-electron chi connectivity index (χ3n) is 6.79. The van der Waals surface area contributed by atoms with E-state index in [1.54, 1.807) is 0 Å². The van der Waals surface area contributed by atoms with E-state index in [-0.39, 0.29) is 6.10 Å². The zero-order valence-electron chi connectivity index (χ0n) is 19.4. The average Bonchev–Trinajstić information content (AvgIpc) is 3.19. The highest BCUT2D eigenvalue weighted by atomic mass is 16.5. The number of fused-ring (bicyclic) bond motifs is 1. The Balaban J connectivity index is 1.65. The summed E-state index contributed by atoms with van der Waals surface area (Å²) in [6, 6.07) is 0.366. The second kappa shape index (κ2) is 10.5. The molecule has 168 valence electrons. The lowest BCUT2D eigenvalue weighted by molar-refractivity contribution is 0.00652. The van der Waals surface area contributed by atoms with Crippen LogP contribution in [0, 0.1) is 23.7 Å². The minimum atomic E-state index is 0.231. The van der Waals surface area contributed by atoms with E-state index in [4.69, 9.17) is 14.7 Å². The molecule has 0 bridgehead atoms. The minimum absolute atomic E-state index is 0.231. The third-order valence-corrected chi connectivity index (χ3v) is 6.79. The molecule has 1 aliphatic heterocycles. The zero-order chi connectivity index (χ0) is 21.6. The van der Waals surface area contributed by atoms with Crippen molar-refractivity contribution in [3.05, 3.63) is 12.2 Å². The topological polar surface area (TPSA) is 64.9 Å². The molecule has 2 unspecified atom stereocenters. The van der Waals surface area contributed by atoms with Crippen molar-refractivity contribution in [3.8, 4) is 11.8 Å². The fourth-order valence-corrected chi connectivity index (χ4v) is 4.82. The monoisotopic (exact) mass is 423 g/mol. The molecule has 3 atom stereocenters. The fraction of sp³-hybridized carbons (Fsp3) is 0.720. The lowest BCUT2D eigenvalue weighted by Gasteiger charge is -2.23. The van der Waals surface area contributed by atoms with E-state index < -0.39 is 0 Å². The van der Waals surface area contributed by atoms with E-state index in [0.29, 0.717) is 17.8 Å². The molecule has 0 radical (unpaired) electrons. The van der Waals surface area contributed by atoms with E-state index in [1.807, 2.05) is 6.33 Å². The SMILES string of the molecule is CCC(CC)Nc1nc(C#CC2CCC[C@@H](C)C2)nc2c1ncn2CC1CCCCO1. The standard InChI is InChI=1S/C25H37N5O/c1-4-20(5-2)27-24-23-25(30(17-26-23)16-21-11-6-7-14-31-21)29-22(28-24)13-12-19-10-8-9-18(3)15-19/h17-21H,4-11,14-16H2,1-3H3,(H,27,28,29)/t18-,19?,21?/m1/s1. The highest BCUT2D eigenvalue weighted by Crippen LogP contribution is 2.28. The summed E-state index contributed by atoms with van der Waals surface area (Å²) in [4.78, 5) is 14.3. The predicted molar refractivity (Wildman–Crippen MR) is 125 cm³/mol. The van der Waals surface area contributed by atoms with Gasteiger partial charge in [0.15, 0.2) is 17.0 Å². The number of aromatic nitrogens is 4. The highest BCUT2D eigenvalue weighted by Gasteiger charge is 2.20. The van der Waals surface area contributed by atoms with Gasteiger partial charge in [-0.15, -0.1) is 0 Å². The van der Waals surface area contributed by atoms with E-state index in [2.05, 4.69) is 47.5 Å². The summed E-state index contributed by atoms with van der Waals surface area (Å²) < 4.78 is 8.09. The van der Waals surface area contributed by atoms with Gasteiger partial charge in [-0.1, -0.05) is 39.5 Å². The number of nitrogens with one attached hydrogen (secondary N) is 1. The Morgan fingerprint density at radius 1 is 1.16 bits per heavy atom. The van der Waals surface area contributed by atoms with Gasteiger partial charge in [0.25, 0.3) is 0 Å². The van der Waals surface area contributed by atoms with Crippen LogP contribution in [0.25, 0.3) is 11.2 Å². The summed E-state index contributed by atoms with van der Waals surface area (Å²) in [5.41, 5.74) is 1.69. The molecular weight excluding hydrogens is 386 g/mol. The minimum Gasteiger partial charge on any atom is -0.376 e. The second-order valence-electron chi connectivity index (χ2n) is 9.35. The molecule has 2 aliphatic rings. The van der Waals surface area contributed by atoms with Crippen LogP contribution < -0.4 is 5.32 Å². The molecule has 0 aromatic carbocycles. The molecule has 3 heterocycles. The van der Waals surface area contributed by atoms with E-state index >= 15 is 0 Å². The van der Waals surface area contributed by atoms with Crippen molar-refractivity contribution in [1.29, 1.82) is 0 Å². The maximum Gasteiger partial charge on any atom is 0.208 e. The Bertz CT molecular complexity index is 917. The van der Waals surface area contributed by atoms with Gasteiger partial charge >= 0.3 is 0 Å². The smallest absolute Gasteiger partial charge is 0.208 e. The second-order valence-corrected chi connectivity index (χ2v) is 9.35. The van der Waals surface area contributed by atoms with Crippen molar-refractivity contribution < 1.29 is 4.74 Å². The van der Waals surface area contributed by atoms with Crippen LogP contribution in [0.1, 0.15) is 84.4 Å². The van der Waals surface area contributed by atoms with E-state index in [9.17, 15) is 0 Å². The molecule has 1 aliphatic carbocycles. The van der Waals surface area contributed by atoms with E-state index in [1.165, 1.54) is 32.1 Å². The van der Waals surface area contributed by atoms with E-state index in [0.717, 1.165) is 61.7 Å². The van der Waals surface area contributed by atoms with Gasteiger partial charge in [0.05, 0.1) is 19.0 Å². The van der Waals surface area contributed by atoms with Crippen molar-refractivity contribution in [1.82, 2.24) is 19.5 Å². The first-order chi connectivity index (χ1) is 15.2. The third kappa shape index (κ3) is 5.57. The number of ether oxygens (including phenoxy) is 1. The molecule has 6 heteroatoms. The van der Waals surface area contributed by atoms with Crippen molar-refractivity contribution in [3.63, 3.8) is 0 Å². The van der Waals surface area contributed by atoms with Crippen LogP contribution in [0.4, 0.5) is 5.82 Å². The van der Waals surface area contributed by atoms with Gasteiger partial charge in [-0.2, -0.15) is 0 Å². The maximum atomic E-state index is 5.96. The molecule has 0 amide bonds. The lowest BCUT2D eigenvalue weighted by atomic mass is 9.83. The summed E-state index contributed by atoms with van der Waals surface area (Å²) >= 11 is 0. The van der Waals surface area contributed by atoms with Crippen LogP contribution >= 0.6 is 0 Å². The van der Waals surface area contributed by atoms with Crippen LogP contribution in [-0.2, 0) is 11.3 Å². The summed E-state index contributed by atoms with van der Waals surface area (Å²) in [5.74, 6) is 9.42. The first-order valence-electron chi connectivity index (χ1n) is 12.3. The fourth-order valence-electron chi connectivity index (χ4n) is 4.82. The van der Waals surface area contributed by atoms with Crippen LogP contribution in [0.5, 0.6) is 0 Å². The molecule has 31 heavy (non-hydrogen) atoms. The predicted octanol–water partition coefficient (Wildman–Crippen LogP) is 5.17. The first-order valence-corrected chi connectivity index (χ1v) is 12.3. The van der Waals surface area contributed by atoms with Gasteiger partial charge in [0.1, 0.15) is 0 Å². The summed E-state index contributed by atoms with van der Waals surface area (Å²) in [5, 5.41) is 3.60. The number of hydrogen-bond acceptors (Lipinski definition) is 5. The van der Waals surface area contributed by atoms with Crippen molar-refractivity contribution >= 4 is 17.0 Å². The number of imidazole rings is 1. The Labute approximate surface area is 186 Å². The summed E-state index contributed by atoms with van der Waals surface area (Å²) in [7, 11) is 0. The van der Waals surface area contributed by atoms with Gasteiger partial charge in [-0.25, -0.2) is 15.0 Å². The summed E-state index contributed by atoms with van der Waals surface area (Å²) in [6.45, 7) is 8.36. The molecule has 2 fully saturated rings. The highest BCUT2D eigenvalue weighted by molar-refractivity contribution is 5.83. The molecule has 6 nitrogen and oxygen atoms in total. The number of anilines is 1. The molecule has 1 saturated carbocycles. The quantitative estimate of drug-likeness (QED) is 0.649. The van der Waals surface area contributed by atoms with Gasteiger partial charge in [0.2, 0.25) is 5.82 Å². The van der Waals surface area contributed by atoms with Crippen molar-refractivity contribution in [2.45, 2.75) is 97.2 Å². The molecule has 1 saturated heterocycles. The number of nitrogens with zero attached hydrogens (tertiary/aromatic N) is 4.